The quantitative estimate of drug-likeness (QED) is 0.838. The summed E-state index contributed by atoms with van der Waals surface area (Å²) in [6, 6.07) is 3.88. The zero-order chi connectivity index (χ0) is 14.5. The Morgan fingerprint density at radius 3 is 2.85 bits per heavy atom. The summed E-state index contributed by atoms with van der Waals surface area (Å²) in [6.45, 7) is 6.90. The molecule has 0 spiro atoms. The van der Waals surface area contributed by atoms with Gasteiger partial charge in [0, 0.05) is 8.55 Å². The van der Waals surface area contributed by atoms with E-state index < -0.39 is 5.91 Å². The first kappa shape index (κ1) is 13.2. The van der Waals surface area contributed by atoms with Gasteiger partial charge in [-0.25, -0.2) is 0 Å². The van der Waals surface area contributed by atoms with Crippen molar-refractivity contribution in [3.63, 3.8) is 0 Å². The fourth-order valence-electron chi connectivity index (χ4n) is 3.08. The van der Waals surface area contributed by atoms with E-state index in [4.69, 9.17) is 10.7 Å². The molecule has 0 radical (unpaired) electrons. The van der Waals surface area contributed by atoms with Crippen molar-refractivity contribution in [2.45, 2.75) is 40.0 Å². The maximum atomic E-state index is 11.2. The maximum Gasteiger partial charge on any atom is 0.265 e. The molecule has 3 rings (SSSR count). The summed E-state index contributed by atoms with van der Waals surface area (Å²) >= 11 is 0. The van der Waals surface area contributed by atoms with Crippen LogP contribution in [0.5, 0.6) is 0 Å². The van der Waals surface area contributed by atoms with E-state index in [9.17, 15) is 4.79 Å². The van der Waals surface area contributed by atoms with Crippen LogP contribution < -0.4 is 5.73 Å². The second kappa shape index (κ2) is 4.33. The molecule has 0 aromatic carbocycles. The van der Waals surface area contributed by atoms with Crippen LogP contribution in [0.2, 0.25) is 0 Å². The second-order valence-electron chi connectivity index (χ2n) is 6.88. The molecule has 1 amide bonds. The minimum absolute atomic E-state index is 0. The van der Waals surface area contributed by atoms with Gasteiger partial charge in [-0.15, -0.1) is 0 Å². The fraction of sp³-hybridized carbons (Fsp3) is 0.500. The second-order valence-corrected chi connectivity index (χ2v) is 6.88. The number of carbonyl (C=O) groups is 1. The third-order valence-electron chi connectivity index (χ3n) is 4.46. The first-order chi connectivity index (χ1) is 9.34. The van der Waals surface area contributed by atoms with E-state index in [0.29, 0.717) is 17.0 Å². The molecule has 1 aliphatic carbocycles. The van der Waals surface area contributed by atoms with Gasteiger partial charge in [-0.05, 0) is 48.3 Å². The fourth-order valence-corrected chi connectivity index (χ4v) is 3.08. The molecule has 0 bridgehead atoms. The molecule has 0 saturated heterocycles. The Balaban J connectivity index is 0.00000121. The Bertz CT molecular complexity index is 688. The van der Waals surface area contributed by atoms with Crippen molar-refractivity contribution in [3.8, 4) is 0 Å². The SMILES string of the molecule is CC(C)(C)C1CCc2nc3cc(C(N)=O)[nH]c3cc2C1.[HH].[HH]. The Morgan fingerprint density at radius 2 is 2.20 bits per heavy atom. The number of aromatic nitrogens is 2. The minimum Gasteiger partial charge on any atom is -0.364 e. The van der Waals surface area contributed by atoms with E-state index in [0.717, 1.165) is 23.9 Å². The largest absolute Gasteiger partial charge is 0.364 e. The van der Waals surface area contributed by atoms with Crippen molar-refractivity contribution in [2.24, 2.45) is 17.1 Å². The van der Waals surface area contributed by atoms with Crippen LogP contribution in [0.25, 0.3) is 11.0 Å². The summed E-state index contributed by atoms with van der Waals surface area (Å²) in [5, 5.41) is 0. The van der Waals surface area contributed by atoms with Gasteiger partial charge in [0.15, 0.2) is 0 Å². The number of amides is 1. The number of H-pyrrole nitrogens is 1. The van der Waals surface area contributed by atoms with Gasteiger partial charge in [-0.1, -0.05) is 20.8 Å². The van der Waals surface area contributed by atoms with E-state index in [-0.39, 0.29) is 2.85 Å². The Labute approximate surface area is 121 Å². The van der Waals surface area contributed by atoms with Gasteiger partial charge in [-0.3, -0.25) is 9.78 Å². The normalized spacial score (nSPS) is 19.1. The van der Waals surface area contributed by atoms with E-state index in [1.807, 2.05) is 0 Å². The topological polar surface area (TPSA) is 71.8 Å². The average molecular weight is 275 g/mol. The molecule has 1 aliphatic rings. The summed E-state index contributed by atoms with van der Waals surface area (Å²) in [6.07, 6.45) is 3.26. The molecule has 2 aromatic heterocycles. The number of carbonyl (C=O) groups excluding carboxylic acids is 1. The van der Waals surface area contributed by atoms with Crippen LogP contribution in [0.15, 0.2) is 12.1 Å². The summed E-state index contributed by atoms with van der Waals surface area (Å²) in [5.41, 5.74) is 10.3. The molecule has 4 heteroatoms. The molecule has 2 heterocycles. The van der Waals surface area contributed by atoms with E-state index in [1.165, 1.54) is 17.7 Å². The van der Waals surface area contributed by atoms with Crippen molar-refractivity contribution in [2.75, 3.05) is 0 Å². The third-order valence-corrected chi connectivity index (χ3v) is 4.46. The molecule has 110 valence electrons. The molecule has 0 saturated carbocycles. The summed E-state index contributed by atoms with van der Waals surface area (Å²) in [7, 11) is 0. The zero-order valence-electron chi connectivity index (χ0n) is 12.3. The Hall–Kier alpha value is -1.84. The number of nitrogens with zero attached hydrogens (tertiary/aromatic N) is 1. The van der Waals surface area contributed by atoms with E-state index in [1.54, 1.807) is 6.07 Å². The van der Waals surface area contributed by atoms with Crippen LogP contribution in [0.3, 0.4) is 0 Å². The number of hydrogen-bond acceptors (Lipinski definition) is 2. The van der Waals surface area contributed by atoms with Gasteiger partial charge in [0.05, 0.1) is 11.0 Å². The first-order valence-corrected chi connectivity index (χ1v) is 7.16. The summed E-state index contributed by atoms with van der Waals surface area (Å²) in [4.78, 5) is 19.0. The lowest BCUT2D eigenvalue weighted by Gasteiger charge is -2.34. The molecular weight excluding hydrogens is 250 g/mol. The zero-order valence-corrected chi connectivity index (χ0v) is 12.3. The molecule has 1 atom stereocenters. The first-order valence-electron chi connectivity index (χ1n) is 7.16. The number of aryl methyl sites for hydroxylation is 1. The number of aromatic amines is 1. The monoisotopic (exact) mass is 275 g/mol. The van der Waals surface area contributed by atoms with Gasteiger partial charge in [0.25, 0.3) is 5.91 Å². The smallest absolute Gasteiger partial charge is 0.265 e. The lowest BCUT2D eigenvalue weighted by atomic mass is 9.71. The predicted molar refractivity (Wildman–Crippen MR) is 83.8 cm³/mol. The van der Waals surface area contributed by atoms with Crippen LogP contribution in [0.4, 0.5) is 0 Å². The number of fused-ring (bicyclic) bond motifs is 2. The Kier molecular flexibility index (Phi) is 2.85. The van der Waals surface area contributed by atoms with Crippen molar-refractivity contribution in [1.29, 1.82) is 0 Å². The molecule has 3 N–H and O–H groups in total. The van der Waals surface area contributed by atoms with Gasteiger partial charge in [0.2, 0.25) is 0 Å². The average Bonchev–Trinajstić information content (AvgIpc) is 2.77. The standard InChI is InChI=1S/C16H21N3O.2H2/c1-16(2,3)10-4-5-11-9(6-10)7-12-13(18-11)8-14(19-12)15(17)20;;/h7-8,10,19H,4-6H2,1-3H3,(H2,17,20);2*1H. The van der Waals surface area contributed by atoms with Crippen molar-refractivity contribution in [3.05, 3.63) is 29.1 Å². The highest BCUT2D eigenvalue weighted by Crippen LogP contribution is 2.37. The molecule has 2 aromatic rings. The highest BCUT2D eigenvalue weighted by molar-refractivity contribution is 5.96. The van der Waals surface area contributed by atoms with Crippen LogP contribution in [-0.2, 0) is 12.8 Å². The minimum atomic E-state index is -0.437. The Morgan fingerprint density at radius 1 is 1.45 bits per heavy atom. The van der Waals surface area contributed by atoms with Crippen LogP contribution >= 0.6 is 0 Å². The number of nitrogens with two attached hydrogens (primary N) is 1. The number of nitrogens with one attached hydrogen (secondary N) is 1. The van der Waals surface area contributed by atoms with E-state index in [2.05, 4.69) is 31.8 Å². The lowest BCUT2D eigenvalue weighted by molar-refractivity contribution is 0.0996. The van der Waals surface area contributed by atoms with Crippen LogP contribution in [-0.4, -0.2) is 15.9 Å². The van der Waals surface area contributed by atoms with Gasteiger partial charge in [0.1, 0.15) is 5.69 Å². The number of hydrogen-bond donors (Lipinski definition) is 2. The van der Waals surface area contributed by atoms with Crippen molar-refractivity contribution < 1.29 is 7.65 Å². The van der Waals surface area contributed by atoms with Gasteiger partial charge >= 0.3 is 0 Å². The third kappa shape index (κ3) is 2.19. The highest BCUT2D eigenvalue weighted by Gasteiger charge is 2.29. The van der Waals surface area contributed by atoms with Crippen molar-refractivity contribution in [1.82, 2.24) is 9.97 Å². The highest BCUT2D eigenvalue weighted by atomic mass is 16.1. The number of primary amides is 1. The van der Waals surface area contributed by atoms with Crippen LogP contribution in [0.1, 0.15) is 51.8 Å². The summed E-state index contributed by atoms with van der Waals surface area (Å²) < 4.78 is 0. The molecule has 1 unspecified atom stereocenters. The summed E-state index contributed by atoms with van der Waals surface area (Å²) in [5.74, 6) is 0.244. The van der Waals surface area contributed by atoms with Gasteiger partial charge < -0.3 is 10.7 Å². The predicted octanol–water partition coefficient (Wildman–Crippen LogP) is 3.30. The van der Waals surface area contributed by atoms with E-state index >= 15 is 0 Å². The molecule has 20 heavy (non-hydrogen) atoms. The van der Waals surface area contributed by atoms with Gasteiger partial charge in [-0.2, -0.15) is 0 Å². The number of rotatable bonds is 1. The number of pyridine rings is 1. The molecule has 0 fully saturated rings. The van der Waals surface area contributed by atoms with Crippen molar-refractivity contribution >= 4 is 16.9 Å². The molecular formula is C16H25N3O. The lowest BCUT2D eigenvalue weighted by Crippen LogP contribution is -2.27. The maximum absolute atomic E-state index is 11.2. The molecule has 4 nitrogen and oxygen atoms in total. The van der Waals surface area contributed by atoms with Crippen LogP contribution in [0, 0.1) is 11.3 Å². The molecule has 0 aliphatic heterocycles.